The van der Waals surface area contributed by atoms with Crippen LogP contribution in [0.3, 0.4) is 0 Å². The third kappa shape index (κ3) is 3.16. The zero-order chi connectivity index (χ0) is 24.2. The largest absolute Gasteiger partial charge is 0.390 e. The third-order valence-electron chi connectivity index (χ3n) is 12.3. The highest BCUT2D eigenvalue weighted by molar-refractivity contribution is 5.85. The molecule has 0 radical (unpaired) electrons. The third-order valence-corrected chi connectivity index (χ3v) is 12.3. The maximum absolute atomic E-state index is 12.9. The van der Waals surface area contributed by atoms with Gasteiger partial charge in [-0.3, -0.25) is 4.79 Å². The molecule has 1 aliphatic heterocycles. The van der Waals surface area contributed by atoms with Gasteiger partial charge in [0.2, 0.25) is 0 Å². The normalized spacial score (nSPS) is 47.4. The first-order chi connectivity index (χ1) is 15.2. The van der Waals surface area contributed by atoms with E-state index < -0.39 is 0 Å². The molecule has 0 aromatic carbocycles. The maximum atomic E-state index is 12.9. The molecule has 0 bridgehead atoms. The lowest BCUT2D eigenvalue weighted by atomic mass is 9.36. The van der Waals surface area contributed by atoms with Crippen molar-refractivity contribution in [2.45, 2.75) is 131 Å². The molecule has 2 unspecified atom stereocenters. The second-order valence-electron chi connectivity index (χ2n) is 14.4. The Hall–Kier alpha value is -0.670. The zero-order valence-corrected chi connectivity index (χ0v) is 22.5. The molecule has 186 valence electrons. The standard InChI is InChI=1S/C30H48O3/c1-18(17-21(31)25-27(4,5)33-25)19-11-15-29(7)20(19)9-10-23-28(6)14-13-24(32)26(2,3)22(28)12-16-30(23,29)8/h18,21-23,25,31H,9-17H2,1-8H3/t18-,21+,22?,23?,25-,28+,29+,30+/m1/s1. The van der Waals surface area contributed by atoms with Crippen LogP contribution < -0.4 is 0 Å². The Morgan fingerprint density at radius 3 is 2.24 bits per heavy atom. The first-order valence-electron chi connectivity index (χ1n) is 13.8. The lowest BCUT2D eigenvalue weighted by molar-refractivity contribution is -0.180. The molecule has 5 aliphatic rings. The Labute approximate surface area is 202 Å². The number of carbonyl (C=O) groups is 1. The summed E-state index contributed by atoms with van der Waals surface area (Å²) in [6.07, 6.45) is 9.71. The number of epoxide rings is 1. The average molecular weight is 457 g/mol. The van der Waals surface area contributed by atoms with E-state index in [9.17, 15) is 9.90 Å². The molecule has 4 aliphatic carbocycles. The predicted molar refractivity (Wildman–Crippen MR) is 133 cm³/mol. The Morgan fingerprint density at radius 1 is 0.939 bits per heavy atom. The molecular weight excluding hydrogens is 408 g/mol. The van der Waals surface area contributed by atoms with Crippen molar-refractivity contribution in [3.05, 3.63) is 11.1 Å². The SMILES string of the molecule is C[C@H](C[C@H](O)[C@H]1OC1(C)C)C1=C2CCC3[C@@]4(C)CCC(=O)C(C)(C)C4CC[C@]3(C)[C@@]2(C)CC1. The summed E-state index contributed by atoms with van der Waals surface area (Å²) in [5, 5.41) is 10.8. The molecule has 3 saturated carbocycles. The molecule has 4 fully saturated rings. The van der Waals surface area contributed by atoms with Crippen molar-refractivity contribution in [2.24, 2.45) is 39.4 Å². The first-order valence-corrected chi connectivity index (χ1v) is 13.8. The number of ketones is 1. The van der Waals surface area contributed by atoms with Gasteiger partial charge in [-0.25, -0.2) is 0 Å². The van der Waals surface area contributed by atoms with Crippen LogP contribution in [0.2, 0.25) is 0 Å². The van der Waals surface area contributed by atoms with E-state index in [-0.39, 0.29) is 34.1 Å². The summed E-state index contributed by atoms with van der Waals surface area (Å²) in [7, 11) is 0. The molecular formula is C30H48O3. The van der Waals surface area contributed by atoms with Crippen LogP contribution in [0.4, 0.5) is 0 Å². The van der Waals surface area contributed by atoms with Gasteiger partial charge in [0.05, 0.1) is 11.7 Å². The number of carbonyl (C=O) groups excluding carboxylic acids is 1. The summed E-state index contributed by atoms with van der Waals surface area (Å²) >= 11 is 0. The molecule has 1 N–H and O–H groups in total. The van der Waals surface area contributed by atoms with E-state index in [1.165, 1.54) is 38.5 Å². The van der Waals surface area contributed by atoms with E-state index in [1.54, 1.807) is 11.1 Å². The molecule has 1 heterocycles. The van der Waals surface area contributed by atoms with E-state index in [0.717, 1.165) is 19.3 Å². The summed E-state index contributed by atoms with van der Waals surface area (Å²) in [6.45, 7) is 18.7. The fourth-order valence-corrected chi connectivity index (χ4v) is 10.1. The monoisotopic (exact) mass is 456 g/mol. The Kier molecular flexibility index (Phi) is 5.24. The van der Waals surface area contributed by atoms with Crippen LogP contribution in [-0.4, -0.2) is 28.7 Å². The molecule has 3 heteroatoms. The maximum Gasteiger partial charge on any atom is 0.138 e. The lowest BCUT2D eigenvalue weighted by Crippen LogP contribution is -2.62. The fourth-order valence-electron chi connectivity index (χ4n) is 10.1. The Bertz CT molecular complexity index is 883. The summed E-state index contributed by atoms with van der Waals surface area (Å²) in [5.41, 5.74) is 3.92. The van der Waals surface area contributed by atoms with Crippen molar-refractivity contribution in [1.29, 1.82) is 0 Å². The highest BCUT2D eigenvalue weighted by Crippen LogP contribution is 2.74. The molecule has 0 aromatic rings. The summed E-state index contributed by atoms with van der Waals surface area (Å²) in [4.78, 5) is 12.9. The van der Waals surface area contributed by atoms with Crippen LogP contribution >= 0.6 is 0 Å². The van der Waals surface area contributed by atoms with E-state index in [1.807, 2.05) is 0 Å². The van der Waals surface area contributed by atoms with Crippen LogP contribution in [0.15, 0.2) is 11.1 Å². The molecule has 0 spiro atoms. The van der Waals surface area contributed by atoms with Crippen molar-refractivity contribution in [1.82, 2.24) is 0 Å². The van der Waals surface area contributed by atoms with Gasteiger partial charge in [-0.05, 0) is 99.2 Å². The van der Waals surface area contributed by atoms with Crippen LogP contribution in [0, 0.1) is 39.4 Å². The van der Waals surface area contributed by atoms with Crippen LogP contribution in [-0.2, 0) is 9.53 Å². The van der Waals surface area contributed by atoms with Gasteiger partial charge in [0.25, 0.3) is 0 Å². The molecule has 33 heavy (non-hydrogen) atoms. The molecule has 5 rings (SSSR count). The number of hydrogen-bond acceptors (Lipinski definition) is 3. The minimum atomic E-state index is -0.363. The lowest BCUT2D eigenvalue weighted by Gasteiger charge is -2.68. The summed E-state index contributed by atoms with van der Waals surface area (Å²) < 4.78 is 5.74. The van der Waals surface area contributed by atoms with Crippen LogP contribution in [0.1, 0.15) is 113 Å². The molecule has 1 saturated heterocycles. The number of allylic oxidation sites excluding steroid dienone is 2. The van der Waals surface area contributed by atoms with Gasteiger partial charge in [-0.15, -0.1) is 0 Å². The highest BCUT2D eigenvalue weighted by Gasteiger charge is 2.66. The topological polar surface area (TPSA) is 49.8 Å². The molecule has 3 nitrogen and oxygen atoms in total. The van der Waals surface area contributed by atoms with Gasteiger partial charge in [0.15, 0.2) is 0 Å². The van der Waals surface area contributed by atoms with Gasteiger partial charge < -0.3 is 9.84 Å². The minimum absolute atomic E-state index is 0.000756. The smallest absolute Gasteiger partial charge is 0.138 e. The number of ether oxygens (including phenoxy) is 1. The van der Waals surface area contributed by atoms with Gasteiger partial charge in [-0.2, -0.15) is 0 Å². The Balaban J connectivity index is 1.43. The predicted octanol–water partition coefficient (Wildman–Crippen LogP) is 6.87. The molecule has 0 aromatic heterocycles. The van der Waals surface area contributed by atoms with Gasteiger partial charge in [-0.1, -0.05) is 52.7 Å². The van der Waals surface area contributed by atoms with E-state index in [4.69, 9.17) is 4.74 Å². The van der Waals surface area contributed by atoms with Crippen molar-refractivity contribution in [3.63, 3.8) is 0 Å². The van der Waals surface area contributed by atoms with E-state index >= 15 is 0 Å². The second-order valence-corrected chi connectivity index (χ2v) is 14.4. The number of hydrogen-bond donors (Lipinski definition) is 1. The fraction of sp³-hybridized carbons (Fsp3) is 0.900. The average Bonchev–Trinajstić information content (AvgIpc) is 3.20. The number of fused-ring (bicyclic) bond motifs is 5. The number of aliphatic hydroxyl groups excluding tert-OH is 1. The quantitative estimate of drug-likeness (QED) is 0.371. The first kappa shape index (κ1) is 24.0. The van der Waals surface area contributed by atoms with Crippen molar-refractivity contribution in [3.8, 4) is 0 Å². The molecule has 0 amide bonds. The van der Waals surface area contributed by atoms with Gasteiger partial charge >= 0.3 is 0 Å². The number of Topliss-reactive ketones (excluding diaryl/α,β-unsaturated/α-hetero) is 1. The highest BCUT2D eigenvalue weighted by atomic mass is 16.6. The number of rotatable bonds is 4. The van der Waals surface area contributed by atoms with Crippen molar-refractivity contribution in [2.75, 3.05) is 0 Å². The second kappa shape index (κ2) is 7.19. The zero-order valence-electron chi connectivity index (χ0n) is 22.5. The van der Waals surface area contributed by atoms with Crippen LogP contribution in [0.25, 0.3) is 0 Å². The van der Waals surface area contributed by atoms with Crippen molar-refractivity contribution < 1.29 is 14.6 Å². The Morgan fingerprint density at radius 2 is 1.61 bits per heavy atom. The summed E-state index contributed by atoms with van der Waals surface area (Å²) in [6, 6.07) is 0. The minimum Gasteiger partial charge on any atom is -0.390 e. The van der Waals surface area contributed by atoms with E-state index in [2.05, 4.69) is 55.4 Å². The number of aliphatic hydroxyl groups is 1. The summed E-state index contributed by atoms with van der Waals surface area (Å²) in [5.74, 6) is 2.14. The van der Waals surface area contributed by atoms with Crippen LogP contribution in [0.5, 0.6) is 0 Å². The van der Waals surface area contributed by atoms with Gasteiger partial charge in [0, 0.05) is 11.8 Å². The molecule has 8 atom stereocenters. The van der Waals surface area contributed by atoms with Crippen molar-refractivity contribution >= 4 is 5.78 Å². The van der Waals surface area contributed by atoms with E-state index in [0.29, 0.717) is 29.0 Å². The van der Waals surface area contributed by atoms with Gasteiger partial charge in [0.1, 0.15) is 11.9 Å².